The fourth-order valence-electron chi connectivity index (χ4n) is 2.26. The molecule has 25 heavy (non-hydrogen) atoms. The molecule has 5 nitrogen and oxygen atoms in total. The summed E-state index contributed by atoms with van der Waals surface area (Å²) in [6.07, 6.45) is 0. The zero-order chi connectivity index (χ0) is 18.8. The molecule has 0 fully saturated rings. The summed E-state index contributed by atoms with van der Waals surface area (Å²) >= 11 is 17.4. The van der Waals surface area contributed by atoms with E-state index in [1.807, 2.05) is 0 Å². The third-order valence-corrected chi connectivity index (χ3v) is 4.57. The van der Waals surface area contributed by atoms with Gasteiger partial charge in [0.05, 0.1) is 17.3 Å². The largest absolute Gasteiger partial charge is 0.394 e. The van der Waals surface area contributed by atoms with E-state index in [0.29, 0.717) is 16.8 Å². The second-order valence-corrected chi connectivity index (χ2v) is 6.58. The molecule has 1 aromatic heterocycles. The molecule has 3 N–H and O–H groups in total. The van der Waals surface area contributed by atoms with Crippen LogP contribution in [0, 0.1) is 5.82 Å². The molecule has 2 rings (SSSR count). The smallest absolute Gasteiger partial charge is 0.252 e. The van der Waals surface area contributed by atoms with Crippen LogP contribution in [0.3, 0.4) is 0 Å². The third kappa shape index (κ3) is 4.04. The highest BCUT2D eigenvalue weighted by atomic mass is 35.5. The van der Waals surface area contributed by atoms with Crippen LogP contribution in [-0.4, -0.2) is 33.5 Å². The number of hydrogen-bond donors (Lipinski definition) is 2. The molecule has 134 valence electrons. The number of carbonyl (C=O) groups excluding carboxylic acids is 1. The molecule has 1 aromatic carbocycles. The Kier molecular flexibility index (Phi) is 6.24. The number of benzene rings is 1. The van der Waals surface area contributed by atoms with Crippen molar-refractivity contribution in [2.75, 3.05) is 12.5 Å². The first-order valence-corrected chi connectivity index (χ1v) is 8.40. The fraction of sp³-hybridized carbons (Fsp3) is 0.250. The highest BCUT2D eigenvalue weighted by Crippen LogP contribution is 2.32. The summed E-state index contributed by atoms with van der Waals surface area (Å²) in [5.41, 5.74) is 0.0572. The predicted molar refractivity (Wildman–Crippen MR) is 95.8 cm³/mol. The van der Waals surface area contributed by atoms with Crippen LogP contribution in [-0.2, 0) is 10.3 Å². The summed E-state index contributed by atoms with van der Waals surface area (Å²) < 4.78 is 13.4. The standard InChI is InChI=1S/C16H15Cl3FN3O2/c1-16(8-24,23(21)15(25)7-17)10-5-13(22-14(19)6-10)9-2-3-12(20)11(18)4-9/h2-6,24H,7-8,21H2,1H3. The van der Waals surface area contributed by atoms with E-state index < -0.39 is 23.9 Å². The van der Waals surface area contributed by atoms with Crippen molar-refractivity contribution in [1.29, 1.82) is 0 Å². The molecule has 0 saturated heterocycles. The maximum atomic E-state index is 13.4. The maximum Gasteiger partial charge on any atom is 0.252 e. The Morgan fingerprint density at radius 3 is 2.60 bits per heavy atom. The third-order valence-electron chi connectivity index (χ3n) is 3.85. The topological polar surface area (TPSA) is 79.5 Å². The summed E-state index contributed by atoms with van der Waals surface area (Å²) in [4.78, 5) is 16.0. The quantitative estimate of drug-likeness (QED) is 0.262. The summed E-state index contributed by atoms with van der Waals surface area (Å²) in [5.74, 6) is 4.36. The number of amides is 1. The lowest BCUT2D eigenvalue weighted by Gasteiger charge is -2.37. The Morgan fingerprint density at radius 1 is 1.36 bits per heavy atom. The molecular weight excluding hydrogens is 392 g/mol. The van der Waals surface area contributed by atoms with Crippen LogP contribution >= 0.6 is 34.8 Å². The number of nitrogens with zero attached hydrogens (tertiary/aromatic N) is 2. The Labute approximate surface area is 159 Å². The monoisotopic (exact) mass is 405 g/mol. The van der Waals surface area contributed by atoms with Crippen molar-refractivity contribution in [3.05, 3.63) is 51.9 Å². The number of aromatic nitrogens is 1. The highest BCUT2D eigenvalue weighted by molar-refractivity contribution is 6.31. The van der Waals surface area contributed by atoms with E-state index >= 15 is 0 Å². The second-order valence-electron chi connectivity index (χ2n) is 5.52. The molecule has 0 saturated carbocycles. The minimum atomic E-state index is -1.28. The lowest BCUT2D eigenvalue weighted by molar-refractivity contribution is -0.137. The molecule has 9 heteroatoms. The second kappa shape index (κ2) is 7.85. The Morgan fingerprint density at radius 2 is 2.04 bits per heavy atom. The van der Waals surface area contributed by atoms with E-state index in [1.165, 1.54) is 24.3 Å². The van der Waals surface area contributed by atoms with Crippen molar-refractivity contribution in [1.82, 2.24) is 9.99 Å². The summed E-state index contributed by atoms with van der Waals surface area (Å²) in [7, 11) is 0. The van der Waals surface area contributed by atoms with Gasteiger partial charge in [0, 0.05) is 5.56 Å². The van der Waals surface area contributed by atoms with E-state index in [9.17, 15) is 14.3 Å². The zero-order valence-corrected chi connectivity index (χ0v) is 15.4. The van der Waals surface area contributed by atoms with Crippen LogP contribution in [0.25, 0.3) is 11.3 Å². The SMILES string of the molecule is CC(CO)(c1cc(Cl)nc(-c2ccc(F)c(Cl)c2)c1)N(N)C(=O)CCl. The Balaban J connectivity index is 2.57. The van der Waals surface area contributed by atoms with Gasteiger partial charge < -0.3 is 5.11 Å². The first-order chi connectivity index (χ1) is 11.7. The number of nitrogens with two attached hydrogens (primary N) is 1. The van der Waals surface area contributed by atoms with Crippen LogP contribution in [0.4, 0.5) is 4.39 Å². The van der Waals surface area contributed by atoms with Crippen LogP contribution in [0.2, 0.25) is 10.2 Å². The Hall–Kier alpha value is -1.44. The molecular formula is C16H15Cl3FN3O2. The average molecular weight is 407 g/mol. The van der Waals surface area contributed by atoms with Gasteiger partial charge in [-0.15, -0.1) is 11.6 Å². The molecule has 1 unspecified atom stereocenters. The van der Waals surface area contributed by atoms with Crippen LogP contribution < -0.4 is 5.84 Å². The van der Waals surface area contributed by atoms with Crippen LogP contribution in [0.5, 0.6) is 0 Å². The first kappa shape index (κ1) is 19.9. The number of alkyl halides is 1. The molecule has 1 amide bonds. The minimum absolute atomic E-state index is 0.0662. The van der Waals surface area contributed by atoms with Gasteiger partial charge >= 0.3 is 0 Å². The van der Waals surface area contributed by atoms with Gasteiger partial charge in [0.2, 0.25) is 0 Å². The number of pyridine rings is 1. The van der Waals surface area contributed by atoms with Gasteiger partial charge in [-0.25, -0.2) is 15.2 Å². The molecule has 0 bridgehead atoms. The molecule has 1 atom stereocenters. The number of hydrogen-bond acceptors (Lipinski definition) is 4. The summed E-state index contributed by atoms with van der Waals surface area (Å²) in [6.45, 7) is 1.08. The van der Waals surface area contributed by atoms with E-state index in [4.69, 9.17) is 40.6 Å². The highest BCUT2D eigenvalue weighted by Gasteiger charge is 2.35. The number of halogens is 4. The van der Waals surface area contributed by atoms with E-state index in [2.05, 4.69) is 4.98 Å². The summed E-state index contributed by atoms with van der Waals surface area (Å²) in [5, 5.41) is 10.7. The normalized spacial score (nSPS) is 13.4. The average Bonchev–Trinajstić information content (AvgIpc) is 2.61. The van der Waals surface area contributed by atoms with Crippen LogP contribution in [0.15, 0.2) is 30.3 Å². The predicted octanol–water partition coefficient (Wildman–Crippen LogP) is 3.34. The molecule has 0 aliphatic carbocycles. The van der Waals surface area contributed by atoms with Gasteiger partial charge in [0.15, 0.2) is 0 Å². The van der Waals surface area contributed by atoms with E-state index in [-0.39, 0.29) is 16.1 Å². The van der Waals surface area contributed by atoms with Crippen molar-refractivity contribution in [3.8, 4) is 11.3 Å². The molecule has 0 aliphatic heterocycles. The van der Waals surface area contributed by atoms with Gasteiger partial charge in [0.25, 0.3) is 5.91 Å². The van der Waals surface area contributed by atoms with Gasteiger partial charge in [-0.1, -0.05) is 23.2 Å². The number of hydrazine groups is 1. The zero-order valence-electron chi connectivity index (χ0n) is 13.1. The first-order valence-electron chi connectivity index (χ1n) is 7.11. The lowest BCUT2D eigenvalue weighted by atomic mass is 9.91. The van der Waals surface area contributed by atoms with Gasteiger partial charge in [-0.05, 0) is 42.8 Å². The van der Waals surface area contributed by atoms with E-state index in [1.54, 1.807) is 13.0 Å². The Bertz CT molecular complexity index is 806. The van der Waals surface area contributed by atoms with Crippen molar-refractivity contribution >= 4 is 40.7 Å². The van der Waals surface area contributed by atoms with Gasteiger partial charge in [0.1, 0.15) is 22.4 Å². The molecule has 2 aromatic rings. The maximum absolute atomic E-state index is 13.4. The van der Waals surface area contributed by atoms with Crippen molar-refractivity contribution in [2.45, 2.75) is 12.5 Å². The number of aliphatic hydroxyl groups excluding tert-OH is 1. The van der Waals surface area contributed by atoms with Crippen molar-refractivity contribution in [3.63, 3.8) is 0 Å². The van der Waals surface area contributed by atoms with Crippen LogP contribution in [0.1, 0.15) is 12.5 Å². The molecule has 0 spiro atoms. The van der Waals surface area contributed by atoms with Gasteiger partial charge in [-0.2, -0.15) is 0 Å². The molecule has 0 aliphatic rings. The van der Waals surface area contributed by atoms with Gasteiger partial charge in [-0.3, -0.25) is 9.80 Å². The number of carbonyl (C=O) groups is 1. The lowest BCUT2D eigenvalue weighted by Crippen LogP contribution is -2.54. The van der Waals surface area contributed by atoms with E-state index in [0.717, 1.165) is 5.01 Å². The molecule has 0 radical (unpaired) electrons. The fourth-order valence-corrected chi connectivity index (χ4v) is 2.78. The van der Waals surface area contributed by atoms with Crippen molar-refractivity contribution in [2.24, 2.45) is 5.84 Å². The minimum Gasteiger partial charge on any atom is -0.394 e. The number of rotatable bonds is 5. The van der Waals surface area contributed by atoms with Crippen molar-refractivity contribution < 1.29 is 14.3 Å². The number of aliphatic hydroxyl groups is 1. The molecule has 1 heterocycles. The summed E-state index contributed by atoms with van der Waals surface area (Å²) in [6, 6.07) is 7.17.